The summed E-state index contributed by atoms with van der Waals surface area (Å²) >= 11 is 3.44. The van der Waals surface area contributed by atoms with Crippen LogP contribution in [0.5, 0.6) is 11.5 Å². The molecule has 0 aliphatic rings. The number of methoxy groups -OCH3 is 2. The van der Waals surface area contributed by atoms with Gasteiger partial charge in [-0.1, -0.05) is 34.1 Å². The van der Waals surface area contributed by atoms with E-state index < -0.39 is 6.10 Å². The summed E-state index contributed by atoms with van der Waals surface area (Å²) in [6, 6.07) is 13.2. The summed E-state index contributed by atoms with van der Waals surface area (Å²) in [5.41, 5.74) is 1.72. The Kier molecular flexibility index (Phi) is 5.04. The largest absolute Gasteiger partial charge is 0.496 e. The van der Waals surface area contributed by atoms with E-state index >= 15 is 0 Å². The number of aliphatic hydroxyl groups excluding tert-OH is 1. The van der Waals surface area contributed by atoms with Crippen molar-refractivity contribution in [1.29, 1.82) is 0 Å². The molecule has 0 heterocycles. The molecule has 2 rings (SSSR count). The van der Waals surface area contributed by atoms with Crippen LogP contribution < -0.4 is 9.47 Å². The molecule has 0 aliphatic heterocycles. The molecule has 0 spiro atoms. The Morgan fingerprint density at radius 3 is 2.45 bits per heavy atom. The minimum Gasteiger partial charge on any atom is -0.496 e. The summed E-state index contributed by atoms with van der Waals surface area (Å²) < 4.78 is 11.6. The third-order valence-corrected chi connectivity index (χ3v) is 3.65. The number of benzene rings is 2. The average molecular weight is 337 g/mol. The second-order valence-corrected chi connectivity index (χ2v) is 5.33. The number of aliphatic hydroxyl groups is 1. The molecule has 1 N–H and O–H groups in total. The van der Waals surface area contributed by atoms with Crippen LogP contribution in [-0.2, 0) is 6.42 Å². The molecular weight excluding hydrogens is 320 g/mol. The first-order valence-corrected chi connectivity index (χ1v) is 7.08. The SMILES string of the molecule is COc1ccc(Br)cc1CC(O)c1ccccc1OC. The van der Waals surface area contributed by atoms with E-state index in [0.717, 1.165) is 21.3 Å². The number of halogens is 1. The molecule has 1 atom stereocenters. The van der Waals surface area contributed by atoms with Crippen molar-refractivity contribution in [3.63, 3.8) is 0 Å². The van der Waals surface area contributed by atoms with Crippen molar-refractivity contribution < 1.29 is 14.6 Å². The highest BCUT2D eigenvalue weighted by Gasteiger charge is 2.15. The van der Waals surface area contributed by atoms with Gasteiger partial charge in [0.05, 0.1) is 20.3 Å². The first-order valence-electron chi connectivity index (χ1n) is 6.29. The molecule has 0 fully saturated rings. The van der Waals surface area contributed by atoms with E-state index in [0.29, 0.717) is 12.2 Å². The smallest absolute Gasteiger partial charge is 0.124 e. The first-order chi connectivity index (χ1) is 9.65. The van der Waals surface area contributed by atoms with Crippen LogP contribution in [0.4, 0.5) is 0 Å². The molecule has 2 aromatic rings. The predicted molar refractivity (Wildman–Crippen MR) is 82.4 cm³/mol. The third kappa shape index (κ3) is 3.32. The van der Waals surface area contributed by atoms with Crippen molar-refractivity contribution in [2.75, 3.05) is 14.2 Å². The average Bonchev–Trinajstić information content (AvgIpc) is 2.47. The van der Waals surface area contributed by atoms with Gasteiger partial charge in [0.25, 0.3) is 0 Å². The number of para-hydroxylation sites is 1. The molecule has 0 saturated heterocycles. The van der Waals surface area contributed by atoms with Crippen LogP contribution in [0.15, 0.2) is 46.9 Å². The van der Waals surface area contributed by atoms with Gasteiger partial charge in [0.1, 0.15) is 11.5 Å². The summed E-state index contributed by atoms with van der Waals surface area (Å²) in [6.07, 6.45) is -0.183. The Hall–Kier alpha value is -1.52. The van der Waals surface area contributed by atoms with Crippen LogP contribution in [0.1, 0.15) is 17.2 Å². The number of hydrogen-bond donors (Lipinski definition) is 1. The van der Waals surface area contributed by atoms with Crippen LogP contribution in [0, 0.1) is 0 Å². The second kappa shape index (κ2) is 6.77. The maximum absolute atomic E-state index is 10.4. The lowest BCUT2D eigenvalue weighted by atomic mass is 10.00. The van der Waals surface area contributed by atoms with Crippen molar-refractivity contribution >= 4 is 15.9 Å². The second-order valence-electron chi connectivity index (χ2n) is 4.42. The predicted octanol–water partition coefficient (Wildman–Crippen LogP) is 3.74. The highest BCUT2D eigenvalue weighted by atomic mass is 79.9. The Morgan fingerprint density at radius 2 is 1.75 bits per heavy atom. The van der Waals surface area contributed by atoms with Crippen molar-refractivity contribution in [3.8, 4) is 11.5 Å². The minimum atomic E-state index is -0.644. The van der Waals surface area contributed by atoms with Gasteiger partial charge in [-0.15, -0.1) is 0 Å². The molecule has 0 bridgehead atoms. The van der Waals surface area contributed by atoms with Crippen LogP contribution in [-0.4, -0.2) is 19.3 Å². The summed E-state index contributed by atoms with van der Waals surface area (Å²) in [7, 11) is 3.23. The summed E-state index contributed by atoms with van der Waals surface area (Å²) in [5.74, 6) is 1.45. The highest BCUT2D eigenvalue weighted by molar-refractivity contribution is 9.10. The van der Waals surface area contributed by atoms with Crippen LogP contribution in [0.2, 0.25) is 0 Å². The molecule has 0 aliphatic carbocycles. The molecule has 0 aromatic heterocycles. The molecule has 0 saturated carbocycles. The molecule has 106 valence electrons. The molecule has 20 heavy (non-hydrogen) atoms. The van der Waals surface area contributed by atoms with Crippen LogP contribution >= 0.6 is 15.9 Å². The van der Waals surface area contributed by atoms with E-state index in [1.807, 2.05) is 42.5 Å². The van der Waals surface area contributed by atoms with Gasteiger partial charge < -0.3 is 14.6 Å². The first kappa shape index (κ1) is 14.9. The minimum absolute atomic E-state index is 0.461. The molecule has 1 unspecified atom stereocenters. The van der Waals surface area contributed by atoms with Crippen LogP contribution in [0.3, 0.4) is 0 Å². The standard InChI is InChI=1S/C16H17BrO3/c1-19-15-8-7-12(17)9-11(15)10-14(18)13-5-3-4-6-16(13)20-2/h3-9,14,18H,10H2,1-2H3. The van der Waals surface area contributed by atoms with E-state index in [1.54, 1.807) is 14.2 Å². The van der Waals surface area contributed by atoms with Gasteiger partial charge in [0.2, 0.25) is 0 Å². The van der Waals surface area contributed by atoms with Gasteiger partial charge in [-0.2, -0.15) is 0 Å². The van der Waals surface area contributed by atoms with E-state index in [-0.39, 0.29) is 0 Å². The fraction of sp³-hybridized carbons (Fsp3) is 0.250. The zero-order chi connectivity index (χ0) is 14.5. The molecule has 0 amide bonds. The number of ether oxygens (including phenoxy) is 2. The van der Waals surface area contributed by atoms with E-state index in [2.05, 4.69) is 15.9 Å². The topological polar surface area (TPSA) is 38.7 Å². The normalized spacial score (nSPS) is 12.0. The van der Waals surface area contributed by atoms with Crippen molar-refractivity contribution in [2.24, 2.45) is 0 Å². The highest BCUT2D eigenvalue weighted by Crippen LogP contribution is 2.31. The molecule has 4 heteroatoms. The maximum atomic E-state index is 10.4. The van der Waals surface area contributed by atoms with E-state index in [9.17, 15) is 5.11 Å². The zero-order valence-corrected chi connectivity index (χ0v) is 13.1. The van der Waals surface area contributed by atoms with E-state index in [4.69, 9.17) is 9.47 Å². The van der Waals surface area contributed by atoms with Gasteiger partial charge in [-0.05, 0) is 29.8 Å². The molecule has 3 nitrogen and oxygen atoms in total. The number of rotatable bonds is 5. The van der Waals surface area contributed by atoms with E-state index in [1.165, 1.54) is 0 Å². The lowest BCUT2D eigenvalue weighted by molar-refractivity contribution is 0.173. The van der Waals surface area contributed by atoms with Crippen molar-refractivity contribution in [3.05, 3.63) is 58.1 Å². The Bertz CT molecular complexity index is 584. The fourth-order valence-corrected chi connectivity index (χ4v) is 2.58. The molecular formula is C16H17BrO3. The quantitative estimate of drug-likeness (QED) is 0.903. The van der Waals surface area contributed by atoms with Crippen molar-refractivity contribution in [1.82, 2.24) is 0 Å². The van der Waals surface area contributed by atoms with Gasteiger partial charge >= 0.3 is 0 Å². The Labute approximate surface area is 127 Å². The lowest BCUT2D eigenvalue weighted by Gasteiger charge is -2.16. The van der Waals surface area contributed by atoms with Gasteiger partial charge in [-0.3, -0.25) is 0 Å². The van der Waals surface area contributed by atoms with Gasteiger partial charge in [0.15, 0.2) is 0 Å². The fourth-order valence-electron chi connectivity index (χ4n) is 2.17. The summed E-state index contributed by atoms with van der Waals surface area (Å²) in [6.45, 7) is 0. The third-order valence-electron chi connectivity index (χ3n) is 3.15. The Balaban J connectivity index is 2.27. The lowest BCUT2D eigenvalue weighted by Crippen LogP contribution is -2.05. The Morgan fingerprint density at radius 1 is 1.05 bits per heavy atom. The van der Waals surface area contributed by atoms with Crippen LogP contribution in [0.25, 0.3) is 0 Å². The van der Waals surface area contributed by atoms with Crippen molar-refractivity contribution in [2.45, 2.75) is 12.5 Å². The maximum Gasteiger partial charge on any atom is 0.124 e. The van der Waals surface area contributed by atoms with Gasteiger partial charge in [0, 0.05) is 16.5 Å². The summed E-state index contributed by atoms with van der Waals surface area (Å²) in [4.78, 5) is 0. The zero-order valence-electron chi connectivity index (χ0n) is 11.5. The summed E-state index contributed by atoms with van der Waals surface area (Å²) in [5, 5.41) is 10.4. The number of hydrogen-bond acceptors (Lipinski definition) is 3. The molecule has 0 radical (unpaired) electrons. The monoisotopic (exact) mass is 336 g/mol. The van der Waals surface area contributed by atoms with Gasteiger partial charge in [-0.25, -0.2) is 0 Å². The molecule has 2 aromatic carbocycles.